The highest BCUT2D eigenvalue weighted by atomic mass is 19.3. The molecule has 0 radical (unpaired) electrons. The number of fused-ring (bicyclic) bond motifs is 3. The summed E-state index contributed by atoms with van der Waals surface area (Å²) in [5.74, 6) is -2.69. The van der Waals surface area contributed by atoms with E-state index >= 15 is 0 Å². The Hall–Kier alpha value is -3.54. The third kappa shape index (κ3) is 6.39. The molecule has 4 nitrogen and oxygen atoms in total. The van der Waals surface area contributed by atoms with Gasteiger partial charge in [0.05, 0.1) is 5.92 Å². The molecular formula is C37H43F2N3O. The van der Waals surface area contributed by atoms with Gasteiger partial charge in [0.1, 0.15) is 5.65 Å². The molecule has 6 rings (SSSR count). The third-order valence-electron chi connectivity index (χ3n) is 9.57. The Morgan fingerprint density at radius 2 is 1.65 bits per heavy atom. The molecule has 226 valence electrons. The number of nitrogens with one attached hydrogen (secondary N) is 1. The largest absolute Gasteiger partial charge is 0.351 e. The van der Waals surface area contributed by atoms with Crippen molar-refractivity contribution in [3.05, 3.63) is 99.9 Å². The highest BCUT2D eigenvalue weighted by Gasteiger charge is 2.33. The topological polar surface area (TPSA) is 46.9 Å². The number of hydrogen-bond donors (Lipinski definition) is 1. The lowest BCUT2D eigenvalue weighted by Crippen LogP contribution is -2.33. The zero-order valence-electron chi connectivity index (χ0n) is 25.5. The Bertz CT molecular complexity index is 1560. The van der Waals surface area contributed by atoms with E-state index in [1.54, 1.807) is 13.0 Å². The highest BCUT2D eigenvalue weighted by Crippen LogP contribution is 2.40. The maximum absolute atomic E-state index is 14.8. The van der Waals surface area contributed by atoms with Crippen LogP contribution < -0.4 is 5.32 Å². The van der Waals surface area contributed by atoms with Crippen LogP contribution in [0, 0.1) is 12.8 Å². The van der Waals surface area contributed by atoms with E-state index in [2.05, 4.69) is 34.1 Å². The van der Waals surface area contributed by atoms with E-state index in [1.807, 2.05) is 30.3 Å². The zero-order valence-corrected chi connectivity index (χ0v) is 25.5. The summed E-state index contributed by atoms with van der Waals surface area (Å²) in [7, 11) is 0. The number of rotatable bonds is 8. The van der Waals surface area contributed by atoms with E-state index in [0.717, 1.165) is 73.4 Å². The lowest BCUT2D eigenvalue weighted by molar-refractivity contribution is -0.124. The molecule has 0 aliphatic heterocycles. The van der Waals surface area contributed by atoms with Crippen molar-refractivity contribution in [3.8, 4) is 0 Å². The van der Waals surface area contributed by atoms with Crippen molar-refractivity contribution in [2.75, 3.05) is 0 Å². The van der Waals surface area contributed by atoms with Crippen molar-refractivity contribution in [2.24, 2.45) is 5.92 Å². The quantitative estimate of drug-likeness (QED) is 0.211. The molecule has 2 aliphatic rings. The van der Waals surface area contributed by atoms with Gasteiger partial charge < -0.3 is 9.88 Å². The Balaban J connectivity index is 1.31. The van der Waals surface area contributed by atoms with Crippen molar-refractivity contribution < 1.29 is 13.6 Å². The summed E-state index contributed by atoms with van der Waals surface area (Å²) >= 11 is 0. The second-order valence-electron chi connectivity index (χ2n) is 12.8. The van der Waals surface area contributed by atoms with Crippen LogP contribution in [0.4, 0.5) is 8.78 Å². The first-order valence-electron chi connectivity index (χ1n) is 16.1. The van der Waals surface area contributed by atoms with E-state index in [1.165, 1.54) is 25.7 Å². The minimum Gasteiger partial charge on any atom is -0.351 e. The fraction of sp³-hybridized carbons (Fsp3) is 0.459. The number of alkyl halides is 2. The molecule has 1 atom stereocenters. The maximum atomic E-state index is 14.8. The number of nitrogens with zero attached hydrogens (tertiary/aromatic N) is 2. The van der Waals surface area contributed by atoms with Crippen LogP contribution in [0.15, 0.2) is 60.7 Å². The second-order valence-corrected chi connectivity index (χ2v) is 12.8. The molecule has 4 aromatic rings. The fourth-order valence-corrected chi connectivity index (χ4v) is 7.44. The van der Waals surface area contributed by atoms with Gasteiger partial charge in [-0.25, -0.2) is 13.8 Å². The predicted octanol–water partition coefficient (Wildman–Crippen LogP) is 8.75. The fourth-order valence-electron chi connectivity index (χ4n) is 7.44. The van der Waals surface area contributed by atoms with Gasteiger partial charge in [-0.05, 0) is 79.7 Å². The number of benzene rings is 2. The average Bonchev–Trinajstić information content (AvgIpc) is 3.13. The minimum absolute atomic E-state index is 0.0926. The van der Waals surface area contributed by atoms with Crippen molar-refractivity contribution in [1.82, 2.24) is 14.9 Å². The van der Waals surface area contributed by atoms with Crippen LogP contribution in [0.2, 0.25) is 0 Å². The van der Waals surface area contributed by atoms with Crippen LogP contribution in [-0.2, 0) is 36.6 Å². The minimum atomic E-state index is -2.93. The SMILES string of the molecule is Cc1cc(C(C)(F)F)c2c3c(n(Cc4ccc(C(C(=O)NCc5ccccc5)C5CCCCCC5)cc4)c2n1)CCCC3. The van der Waals surface area contributed by atoms with Crippen molar-refractivity contribution in [1.29, 1.82) is 0 Å². The standard InChI is InChI=1S/C37H43F2N3O/c1-25-22-31(37(2,38)39)34-30-16-10-11-17-32(30)42(35(34)41-25)24-27-18-20-29(21-19-27)33(28-14-8-3-4-9-15-28)36(43)40-23-26-12-6-5-7-13-26/h5-7,12-13,18-22,28,33H,3-4,8-11,14-17,23-24H2,1-2H3,(H,40,43). The number of hydrogen-bond acceptors (Lipinski definition) is 2. The number of carbonyl (C=O) groups is 1. The van der Waals surface area contributed by atoms with E-state index < -0.39 is 5.92 Å². The summed E-state index contributed by atoms with van der Waals surface area (Å²) < 4.78 is 31.8. The summed E-state index contributed by atoms with van der Waals surface area (Å²) in [5, 5.41) is 3.88. The number of aryl methyl sites for hydroxylation is 2. The highest BCUT2D eigenvalue weighted by molar-refractivity contribution is 5.87. The Kier molecular flexibility index (Phi) is 8.65. The number of aromatic nitrogens is 2. The molecule has 1 amide bonds. The lowest BCUT2D eigenvalue weighted by atomic mass is 9.80. The molecule has 43 heavy (non-hydrogen) atoms. The Morgan fingerprint density at radius 1 is 0.953 bits per heavy atom. The van der Waals surface area contributed by atoms with Gasteiger partial charge in [-0.3, -0.25) is 4.79 Å². The molecule has 1 unspecified atom stereocenters. The summed E-state index contributed by atoms with van der Waals surface area (Å²) in [6, 6.07) is 20.1. The molecule has 6 heteroatoms. The Morgan fingerprint density at radius 3 is 2.35 bits per heavy atom. The van der Waals surface area contributed by atoms with Crippen LogP contribution in [0.3, 0.4) is 0 Å². The van der Waals surface area contributed by atoms with Crippen molar-refractivity contribution >= 4 is 16.9 Å². The molecule has 1 fully saturated rings. The summed E-state index contributed by atoms with van der Waals surface area (Å²) in [5.41, 5.74) is 6.81. The molecule has 2 aromatic carbocycles. The molecule has 2 heterocycles. The first-order valence-corrected chi connectivity index (χ1v) is 16.1. The number of halogens is 2. The lowest BCUT2D eigenvalue weighted by Gasteiger charge is -2.26. The molecule has 1 saturated carbocycles. The maximum Gasteiger partial charge on any atom is 0.271 e. The molecule has 0 spiro atoms. The average molecular weight is 584 g/mol. The zero-order chi connectivity index (χ0) is 30.0. The number of carbonyl (C=O) groups excluding carboxylic acids is 1. The van der Waals surface area contributed by atoms with Crippen molar-refractivity contribution in [3.63, 3.8) is 0 Å². The molecule has 2 aliphatic carbocycles. The molecule has 2 aromatic heterocycles. The van der Waals surface area contributed by atoms with Gasteiger partial charge in [-0.1, -0.05) is 80.3 Å². The van der Waals surface area contributed by atoms with Crippen LogP contribution in [0.25, 0.3) is 11.0 Å². The van der Waals surface area contributed by atoms with Gasteiger partial charge in [0.25, 0.3) is 5.92 Å². The van der Waals surface area contributed by atoms with Gasteiger partial charge >= 0.3 is 0 Å². The first-order chi connectivity index (χ1) is 20.8. The van der Waals surface area contributed by atoms with Crippen LogP contribution in [0.1, 0.15) is 103 Å². The van der Waals surface area contributed by atoms with Gasteiger partial charge in [-0.2, -0.15) is 0 Å². The van der Waals surface area contributed by atoms with Gasteiger partial charge in [0, 0.05) is 42.4 Å². The van der Waals surface area contributed by atoms with E-state index in [-0.39, 0.29) is 17.4 Å². The van der Waals surface area contributed by atoms with E-state index in [9.17, 15) is 13.6 Å². The number of amides is 1. The van der Waals surface area contributed by atoms with Crippen LogP contribution in [-0.4, -0.2) is 15.5 Å². The monoisotopic (exact) mass is 583 g/mol. The number of pyridine rings is 1. The van der Waals surface area contributed by atoms with Crippen molar-refractivity contribution in [2.45, 2.75) is 103 Å². The van der Waals surface area contributed by atoms with Gasteiger partial charge in [0.15, 0.2) is 0 Å². The van der Waals surface area contributed by atoms with Crippen LogP contribution >= 0.6 is 0 Å². The first kappa shape index (κ1) is 29.5. The summed E-state index contributed by atoms with van der Waals surface area (Å²) in [6.07, 6.45) is 10.7. The van der Waals surface area contributed by atoms with E-state index in [4.69, 9.17) is 4.98 Å². The Labute approximate surface area is 253 Å². The van der Waals surface area contributed by atoms with Crippen LogP contribution in [0.5, 0.6) is 0 Å². The van der Waals surface area contributed by atoms with Gasteiger partial charge in [-0.15, -0.1) is 0 Å². The molecular weight excluding hydrogens is 540 g/mol. The molecule has 1 N–H and O–H groups in total. The van der Waals surface area contributed by atoms with Gasteiger partial charge in [0.2, 0.25) is 5.91 Å². The van der Waals surface area contributed by atoms with E-state index in [0.29, 0.717) is 35.7 Å². The molecule has 0 bridgehead atoms. The molecule has 0 saturated heterocycles. The summed E-state index contributed by atoms with van der Waals surface area (Å²) in [6.45, 7) is 3.90. The second kappa shape index (κ2) is 12.6. The smallest absolute Gasteiger partial charge is 0.271 e. The normalized spacial score (nSPS) is 16.9. The third-order valence-corrected chi connectivity index (χ3v) is 9.57. The summed E-state index contributed by atoms with van der Waals surface area (Å²) in [4.78, 5) is 18.5. The predicted molar refractivity (Wildman–Crippen MR) is 168 cm³/mol.